The van der Waals surface area contributed by atoms with Crippen LogP contribution >= 0.6 is 11.3 Å². The number of hydrogen-bond donors (Lipinski definition) is 1. The van der Waals surface area contributed by atoms with Crippen molar-refractivity contribution in [3.63, 3.8) is 0 Å². The largest absolute Gasteiger partial charge is 0.464 e. The average Bonchev–Trinajstić information content (AvgIpc) is 3.72. The summed E-state index contributed by atoms with van der Waals surface area (Å²) in [6, 6.07) is 10.00. The standard InChI is InChI=1S/C27H33N3O6S/c1-19-6-8-23(35-19)25(26(31)28-16-20-4-2-12-34-20)30(18-22-5-3-15-37-22)27(32)24-9-7-21(36-24)17-29-10-13-33-14-11-29/h3,5-9,15,20,25H,2,4,10-14,16-18H2,1H3,(H,28,31). The van der Waals surface area contributed by atoms with Crippen LogP contribution in [-0.2, 0) is 27.4 Å². The van der Waals surface area contributed by atoms with Crippen LogP contribution in [-0.4, -0.2) is 67.2 Å². The quantitative estimate of drug-likeness (QED) is 0.429. The lowest BCUT2D eigenvalue weighted by molar-refractivity contribution is -0.127. The molecule has 3 aromatic rings. The van der Waals surface area contributed by atoms with E-state index < -0.39 is 6.04 Å². The summed E-state index contributed by atoms with van der Waals surface area (Å²) < 4.78 is 23.0. The number of thiophene rings is 1. The third-order valence-corrected chi connectivity index (χ3v) is 7.50. The molecule has 0 aromatic carbocycles. The van der Waals surface area contributed by atoms with Crippen molar-refractivity contribution >= 4 is 23.2 Å². The van der Waals surface area contributed by atoms with Gasteiger partial charge in [-0.05, 0) is 55.5 Å². The van der Waals surface area contributed by atoms with Gasteiger partial charge >= 0.3 is 0 Å². The molecule has 198 valence electrons. The van der Waals surface area contributed by atoms with Crippen molar-refractivity contribution in [1.82, 2.24) is 15.1 Å². The monoisotopic (exact) mass is 527 g/mol. The average molecular weight is 528 g/mol. The van der Waals surface area contributed by atoms with E-state index in [0.717, 1.165) is 30.8 Å². The maximum absolute atomic E-state index is 13.9. The molecule has 10 heteroatoms. The van der Waals surface area contributed by atoms with Crippen molar-refractivity contribution in [1.29, 1.82) is 0 Å². The molecule has 37 heavy (non-hydrogen) atoms. The van der Waals surface area contributed by atoms with E-state index in [-0.39, 0.29) is 30.2 Å². The van der Waals surface area contributed by atoms with Gasteiger partial charge in [-0.25, -0.2) is 0 Å². The fourth-order valence-corrected chi connectivity index (χ4v) is 5.39. The lowest BCUT2D eigenvalue weighted by atomic mass is 10.1. The summed E-state index contributed by atoms with van der Waals surface area (Å²) in [5.41, 5.74) is 0. The predicted octanol–water partition coefficient (Wildman–Crippen LogP) is 3.75. The molecule has 3 aromatic heterocycles. The normalized spacial score (nSPS) is 19.1. The van der Waals surface area contributed by atoms with Crippen molar-refractivity contribution in [3.05, 3.63) is 69.7 Å². The Kier molecular flexibility index (Phi) is 8.40. The van der Waals surface area contributed by atoms with Gasteiger partial charge in [-0.15, -0.1) is 11.3 Å². The second-order valence-corrected chi connectivity index (χ2v) is 10.4. The molecule has 9 nitrogen and oxygen atoms in total. The summed E-state index contributed by atoms with van der Waals surface area (Å²) in [4.78, 5) is 32.3. The molecule has 1 N–H and O–H groups in total. The summed E-state index contributed by atoms with van der Waals surface area (Å²) in [6.45, 7) is 6.77. The van der Waals surface area contributed by atoms with E-state index >= 15 is 0 Å². The molecule has 0 aliphatic carbocycles. The highest BCUT2D eigenvalue weighted by atomic mass is 32.1. The first kappa shape index (κ1) is 25.7. The fourth-order valence-electron chi connectivity index (χ4n) is 4.69. The van der Waals surface area contributed by atoms with Gasteiger partial charge in [-0.2, -0.15) is 0 Å². The lowest BCUT2D eigenvalue weighted by Gasteiger charge is -2.29. The summed E-state index contributed by atoms with van der Waals surface area (Å²) in [5.74, 6) is 1.30. The molecule has 5 heterocycles. The molecule has 0 bridgehead atoms. The van der Waals surface area contributed by atoms with Crippen molar-refractivity contribution < 1.29 is 27.9 Å². The second-order valence-electron chi connectivity index (χ2n) is 9.40. The smallest absolute Gasteiger partial charge is 0.290 e. The first-order valence-electron chi connectivity index (χ1n) is 12.7. The number of morpholine rings is 1. The predicted molar refractivity (Wildman–Crippen MR) is 137 cm³/mol. The van der Waals surface area contributed by atoms with Crippen LogP contribution in [0.25, 0.3) is 0 Å². The number of nitrogens with one attached hydrogen (secondary N) is 1. The Hall–Kier alpha value is -2.92. The van der Waals surface area contributed by atoms with Crippen LogP contribution in [0.4, 0.5) is 0 Å². The van der Waals surface area contributed by atoms with E-state index in [0.29, 0.717) is 50.2 Å². The molecular formula is C27H33N3O6S. The number of aryl methyl sites for hydroxylation is 1. The highest BCUT2D eigenvalue weighted by Gasteiger charge is 2.36. The van der Waals surface area contributed by atoms with Gasteiger partial charge in [-0.3, -0.25) is 14.5 Å². The van der Waals surface area contributed by atoms with E-state index in [9.17, 15) is 9.59 Å². The molecule has 2 aliphatic heterocycles. The van der Waals surface area contributed by atoms with Crippen LogP contribution in [0.5, 0.6) is 0 Å². The maximum atomic E-state index is 13.9. The Bertz CT molecular complexity index is 1160. The fraction of sp³-hybridized carbons (Fsp3) is 0.481. The van der Waals surface area contributed by atoms with E-state index in [1.165, 1.54) is 16.2 Å². The minimum atomic E-state index is -0.961. The Labute approximate surface area is 220 Å². The van der Waals surface area contributed by atoms with Gasteiger partial charge in [0.2, 0.25) is 0 Å². The number of hydrogen-bond acceptors (Lipinski definition) is 8. The number of ether oxygens (including phenoxy) is 2. The highest BCUT2D eigenvalue weighted by Crippen LogP contribution is 2.29. The molecule has 2 aliphatic rings. The SMILES string of the molecule is Cc1ccc(C(C(=O)NCC2CCCO2)N(Cc2cccs2)C(=O)c2ccc(CN3CCOCC3)o2)o1. The van der Waals surface area contributed by atoms with Gasteiger partial charge in [-0.1, -0.05) is 6.07 Å². The summed E-state index contributed by atoms with van der Waals surface area (Å²) >= 11 is 1.53. The maximum Gasteiger partial charge on any atom is 0.290 e. The molecule has 2 unspecified atom stereocenters. The number of furan rings is 2. The van der Waals surface area contributed by atoms with Crippen LogP contribution in [0.3, 0.4) is 0 Å². The zero-order valence-corrected chi connectivity index (χ0v) is 21.8. The first-order chi connectivity index (χ1) is 18.1. The molecule has 2 atom stereocenters. The zero-order chi connectivity index (χ0) is 25.6. The van der Waals surface area contributed by atoms with Gasteiger partial charge in [0, 0.05) is 31.1 Å². The molecule has 2 amide bonds. The molecular weight excluding hydrogens is 494 g/mol. The topological polar surface area (TPSA) is 97.4 Å². The molecule has 0 saturated carbocycles. The van der Waals surface area contributed by atoms with Crippen molar-refractivity contribution in [3.8, 4) is 0 Å². The van der Waals surface area contributed by atoms with Gasteiger partial charge in [0.05, 0.1) is 32.4 Å². The molecule has 2 fully saturated rings. The van der Waals surface area contributed by atoms with Crippen molar-refractivity contribution in [2.75, 3.05) is 39.5 Å². The summed E-state index contributed by atoms with van der Waals surface area (Å²) in [5, 5.41) is 4.95. The number of carbonyl (C=O) groups is 2. The second kappa shape index (κ2) is 12.1. The third-order valence-electron chi connectivity index (χ3n) is 6.64. The van der Waals surface area contributed by atoms with E-state index in [1.54, 1.807) is 18.2 Å². The van der Waals surface area contributed by atoms with Gasteiger partial charge in [0.15, 0.2) is 11.8 Å². The minimum Gasteiger partial charge on any atom is -0.464 e. The highest BCUT2D eigenvalue weighted by molar-refractivity contribution is 7.09. The van der Waals surface area contributed by atoms with E-state index in [1.807, 2.05) is 30.5 Å². The minimum absolute atomic E-state index is 0.0165. The Morgan fingerprint density at radius 2 is 2.00 bits per heavy atom. The first-order valence-corrected chi connectivity index (χ1v) is 13.6. The van der Waals surface area contributed by atoms with Crippen LogP contribution in [0.15, 0.2) is 50.6 Å². The lowest BCUT2D eigenvalue weighted by Crippen LogP contribution is -2.44. The Morgan fingerprint density at radius 3 is 2.70 bits per heavy atom. The summed E-state index contributed by atoms with van der Waals surface area (Å²) in [7, 11) is 0. The zero-order valence-electron chi connectivity index (χ0n) is 21.0. The number of amides is 2. The number of nitrogens with zero attached hydrogens (tertiary/aromatic N) is 2. The van der Waals surface area contributed by atoms with E-state index in [4.69, 9.17) is 18.3 Å². The molecule has 5 rings (SSSR count). The van der Waals surface area contributed by atoms with Crippen molar-refractivity contribution in [2.24, 2.45) is 0 Å². The van der Waals surface area contributed by atoms with Gasteiger partial charge < -0.3 is 28.5 Å². The van der Waals surface area contributed by atoms with Gasteiger partial charge in [0.25, 0.3) is 11.8 Å². The van der Waals surface area contributed by atoms with Crippen molar-refractivity contribution in [2.45, 2.75) is 45.0 Å². The summed E-state index contributed by atoms with van der Waals surface area (Å²) in [6.07, 6.45) is 1.87. The Balaban J connectivity index is 1.40. The van der Waals surface area contributed by atoms with Crippen LogP contribution in [0.2, 0.25) is 0 Å². The van der Waals surface area contributed by atoms with Crippen LogP contribution in [0, 0.1) is 6.92 Å². The van der Waals surface area contributed by atoms with Crippen LogP contribution in [0.1, 0.15) is 51.6 Å². The van der Waals surface area contributed by atoms with Gasteiger partial charge in [0.1, 0.15) is 17.3 Å². The third kappa shape index (κ3) is 6.51. The Morgan fingerprint density at radius 1 is 1.14 bits per heavy atom. The molecule has 0 spiro atoms. The van der Waals surface area contributed by atoms with E-state index in [2.05, 4.69) is 10.2 Å². The molecule has 0 radical (unpaired) electrons. The molecule has 2 saturated heterocycles. The number of rotatable bonds is 10. The number of carbonyl (C=O) groups excluding carboxylic acids is 2. The van der Waals surface area contributed by atoms with Crippen LogP contribution < -0.4 is 5.32 Å².